The number of carbonyl (C=O) groups excluding carboxylic acids is 1. The molecule has 5 aromatic rings. The van der Waals surface area contributed by atoms with Gasteiger partial charge < -0.3 is 15.6 Å². The lowest BCUT2D eigenvalue weighted by Gasteiger charge is -2.39. The SMILES string of the molecule is Cc1cc(C(=O)Nc2cc(C(CCC3CC3)(N[S@+]([O-])C(C)(C)C)c3ccc(C#N)cc3)ccc2F)n(-c2ccc3ccnc(N)c3c2)n1. The van der Waals surface area contributed by atoms with Gasteiger partial charge in [-0.05, 0) is 111 Å². The van der Waals surface area contributed by atoms with Crippen LogP contribution in [-0.2, 0) is 16.9 Å². The Kier molecular flexibility index (Phi) is 9.00. The van der Waals surface area contributed by atoms with E-state index < -0.39 is 33.4 Å². The van der Waals surface area contributed by atoms with Gasteiger partial charge >= 0.3 is 0 Å². The summed E-state index contributed by atoms with van der Waals surface area (Å²) in [5.41, 5.74) is 8.44. The van der Waals surface area contributed by atoms with Crippen LogP contribution in [0.15, 0.2) is 79.0 Å². The van der Waals surface area contributed by atoms with Gasteiger partial charge in [-0.3, -0.25) is 4.79 Å². The summed E-state index contributed by atoms with van der Waals surface area (Å²) in [4.78, 5) is 18.0. The number of benzene rings is 3. The van der Waals surface area contributed by atoms with Crippen LogP contribution >= 0.6 is 0 Å². The number of fused-ring (bicyclic) bond motifs is 1. The van der Waals surface area contributed by atoms with Crippen LogP contribution < -0.4 is 15.8 Å². The number of hydrogen-bond acceptors (Lipinski definition) is 7. The lowest BCUT2D eigenvalue weighted by Crippen LogP contribution is -2.52. The average Bonchev–Trinajstić information content (AvgIpc) is 3.82. The monoisotopic (exact) mass is 663 g/mol. The second-order valence-corrected chi connectivity index (χ2v) is 15.4. The van der Waals surface area contributed by atoms with E-state index in [0.29, 0.717) is 40.7 Å². The maximum absolute atomic E-state index is 15.6. The molecule has 0 aliphatic heterocycles. The highest BCUT2D eigenvalue weighted by molar-refractivity contribution is 7.90. The number of halogens is 1. The van der Waals surface area contributed by atoms with Crippen molar-refractivity contribution >= 4 is 39.5 Å². The Morgan fingerprint density at radius 1 is 1.08 bits per heavy atom. The summed E-state index contributed by atoms with van der Waals surface area (Å²) in [5, 5.41) is 18.4. The van der Waals surface area contributed by atoms with E-state index in [4.69, 9.17) is 5.73 Å². The van der Waals surface area contributed by atoms with E-state index in [0.717, 1.165) is 35.6 Å². The predicted molar refractivity (Wildman–Crippen MR) is 187 cm³/mol. The van der Waals surface area contributed by atoms with Crippen LogP contribution in [0, 0.1) is 30.0 Å². The van der Waals surface area contributed by atoms with Gasteiger partial charge in [0.15, 0.2) is 0 Å². The molecule has 1 saturated carbocycles. The number of nitrogen functional groups attached to an aromatic ring is 1. The number of aromatic nitrogens is 3. The highest BCUT2D eigenvalue weighted by Gasteiger charge is 2.43. The molecule has 11 heteroatoms. The van der Waals surface area contributed by atoms with Gasteiger partial charge in [0.05, 0.1) is 28.7 Å². The van der Waals surface area contributed by atoms with E-state index in [9.17, 15) is 14.6 Å². The summed E-state index contributed by atoms with van der Waals surface area (Å²) in [6, 6.07) is 22.9. The minimum Gasteiger partial charge on any atom is -0.598 e. The normalized spacial score (nSPS) is 15.1. The lowest BCUT2D eigenvalue weighted by atomic mass is 9.79. The molecule has 48 heavy (non-hydrogen) atoms. The molecule has 2 atom stereocenters. The first-order valence-electron chi connectivity index (χ1n) is 15.9. The van der Waals surface area contributed by atoms with Gasteiger partial charge in [-0.2, -0.15) is 10.4 Å². The van der Waals surface area contributed by atoms with Gasteiger partial charge in [-0.15, -0.1) is 4.72 Å². The number of rotatable bonds is 10. The second kappa shape index (κ2) is 13.0. The van der Waals surface area contributed by atoms with E-state index in [1.807, 2.05) is 57.2 Å². The predicted octanol–water partition coefficient (Wildman–Crippen LogP) is 7.06. The Labute approximate surface area is 282 Å². The van der Waals surface area contributed by atoms with Crippen LogP contribution in [0.4, 0.5) is 15.9 Å². The summed E-state index contributed by atoms with van der Waals surface area (Å²) in [5.74, 6) is -0.264. The van der Waals surface area contributed by atoms with Crippen molar-refractivity contribution in [3.05, 3.63) is 113 Å². The van der Waals surface area contributed by atoms with Crippen LogP contribution in [-0.4, -0.2) is 30.0 Å². The van der Waals surface area contributed by atoms with Crippen LogP contribution in [0.1, 0.15) is 79.3 Å². The zero-order valence-corrected chi connectivity index (χ0v) is 28.2. The number of nitrogens with zero attached hydrogens (tertiary/aromatic N) is 4. The average molecular weight is 664 g/mol. The third-order valence-corrected chi connectivity index (χ3v) is 10.4. The third-order valence-electron chi connectivity index (χ3n) is 8.75. The maximum Gasteiger partial charge on any atom is 0.274 e. The summed E-state index contributed by atoms with van der Waals surface area (Å²) in [7, 11) is 0. The van der Waals surface area contributed by atoms with Crippen molar-refractivity contribution in [1.29, 1.82) is 5.26 Å². The minimum absolute atomic E-state index is 0.0253. The third kappa shape index (κ3) is 6.78. The van der Waals surface area contributed by atoms with E-state index >= 15 is 4.39 Å². The molecule has 1 aliphatic carbocycles. The Balaban J connectivity index is 1.41. The second-order valence-electron chi connectivity index (χ2n) is 13.4. The fourth-order valence-corrected chi connectivity index (χ4v) is 6.79. The molecule has 0 saturated heterocycles. The molecule has 0 spiro atoms. The molecule has 6 rings (SSSR count). The first-order chi connectivity index (χ1) is 22.9. The van der Waals surface area contributed by atoms with Gasteiger partial charge in [0.25, 0.3) is 5.91 Å². The summed E-state index contributed by atoms with van der Waals surface area (Å²) in [6.45, 7) is 7.45. The number of pyridine rings is 1. The van der Waals surface area contributed by atoms with Gasteiger partial charge in [-0.25, -0.2) is 14.1 Å². The molecule has 4 N–H and O–H groups in total. The first-order valence-corrected chi connectivity index (χ1v) is 17.1. The van der Waals surface area contributed by atoms with Crippen LogP contribution in [0.3, 0.4) is 0 Å². The molecular weight excluding hydrogens is 626 g/mol. The minimum atomic E-state index is -1.52. The fraction of sp³-hybridized carbons (Fsp3) is 0.297. The summed E-state index contributed by atoms with van der Waals surface area (Å²) >= 11 is -1.52. The summed E-state index contributed by atoms with van der Waals surface area (Å²) in [6.07, 6.45) is 5.33. The van der Waals surface area contributed by atoms with Crippen molar-refractivity contribution < 1.29 is 13.7 Å². The van der Waals surface area contributed by atoms with Crippen molar-refractivity contribution in [2.75, 3.05) is 11.1 Å². The smallest absolute Gasteiger partial charge is 0.274 e. The highest BCUT2D eigenvalue weighted by atomic mass is 32.2. The number of nitrogens with one attached hydrogen (secondary N) is 2. The molecule has 0 bridgehead atoms. The Hall–Kier alpha value is -4.76. The molecule has 1 unspecified atom stereocenters. The quantitative estimate of drug-likeness (QED) is 0.136. The maximum atomic E-state index is 15.6. The zero-order valence-electron chi connectivity index (χ0n) is 27.4. The van der Waals surface area contributed by atoms with Gasteiger partial charge in [0, 0.05) is 22.9 Å². The molecule has 246 valence electrons. The molecule has 0 radical (unpaired) electrons. The molecule has 1 fully saturated rings. The number of aryl methyl sites for hydroxylation is 1. The first kappa shape index (κ1) is 33.2. The van der Waals surface area contributed by atoms with Crippen molar-refractivity contribution in [3.63, 3.8) is 0 Å². The molecule has 2 heterocycles. The van der Waals surface area contributed by atoms with E-state index in [2.05, 4.69) is 26.2 Å². The molecule has 1 aliphatic rings. The number of amides is 1. The molecular formula is C37H38FN7O2S. The van der Waals surface area contributed by atoms with Crippen LogP contribution in [0.25, 0.3) is 16.5 Å². The Morgan fingerprint density at radius 2 is 1.81 bits per heavy atom. The van der Waals surface area contributed by atoms with E-state index in [1.165, 1.54) is 10.7 Å². The molecule has 3 aromatic carbocycles. The lowest BCUT2D eigenvalue weighted by molar-refractivity contribution is 0.101. The largest absolute Gasteiger partial charge is 0.598 e. The standard InChI is InChI=1S/C37H38FN7O2S/c1-23-19-33(45(43-23)29-13-9-26-16-18-41-34(40)30(26)21-29)35(46)42-32-20-28(12-14-31(32)38)37(17-15-24-5-6-24,44-48(47)36(2,3)4)27-10-7-25(22-39)8-11-27/h7-14,16,18-21,24,44H,5-6,15,17H2,1-4H3,(H2,40,41)(H,42,46)/t37?,48-/m1/s1. The Morgan fingerprint density at radius 3 is 2.50 bits per heavy atom. The number of carbonyl (C=O) groups is 1. The molecule has 2 aromatic heterocycles. The molecule has 1 amide bonds. The van der Waals surface area contributed by atoms with Crippen molar-refractivity contribution in [3.8, 4) is 11.8 Å². The van der Waals surface area contributed by atoms with E-state index in [1.54, 1.807) is 43.5 Å². The topological polar surface area (TPSA) is 145 Å². The highest BCUT2D eigenvalue weighted by Crippen LogP contribution is 2.43. The fourth-order valence-electron chi connectivity index (χ4n) is 5.83. The van der Waals surface area contributed by atoms with Gasteiger partial charge in [-0.1, -0.05) is 37.1 Å². The van der Waals surface area contributed by atoms with Crippen LogP contribution in [0.2, 0.25) is 0 Å². The number of hydrogen-bond donors (Lipinski definition) is 3. The summed E-state index contributed by atoms with van der Waals surface area (Å²) < 4.78 is 33.7. The van der Waals surface area contributed by atoms with Crippen molar-refractivity contribution in [2.24, 2.45) is 5.92 Å². The van der Waals surface area contributed by atoms with Crippen molar-refractivity contribution in [2.45, 2.75) is 63.7 Å². The molecule has 9 nitrogen and oxygen atoms in total. The van der Waals surface area contributed by atoms with Gasteiger partial charge in [0.2, 0.25) is 0 Å². The van der Waals surface area contributed by atoms with Crippen molar-refractivity contribution in [1.82, 2.24) is 19.5 Å². The zero-order chi connectivity index (χ0) is 34.2. The number of anilines is 2. The number of nitrogens with two attached hydrogens (primary N) is 1. The Bertz CT molecular complexity index is 2030. The van der Waals surface area contributed by atoms with Gasteiger partial charge in [0.1, 0.15) is 27.6 Å². The van der Waals surface area contributed by atoms with Crippen LogP contribution in [0.5, 0.6) is 0 Å². The van der Waals surface area contributed by atoms with E-state index in [-0.39, 0.29) is 11.4 Å². The number of nitriles is 1.